The molecule has 0 amide bonds. The summed E-state index contributed by atoms with van der Waals surface area (Å²) in [6.45, 7) is 3.69. The van der Waals surface area contributed by atoms with Gasteiger partial charge >= 0.3 is 0 Å². The first-order chi connectivity index (χ1) is 4.20. The largest absolute Gasteiger partial charge is 0.234 e. The first kappa shape index (κ1) is 6.61. The van der Waals surface area contributed by atoms with Crippen LogP contribution in [0.15, 0.2) is 4.60 Å². The zero-order valence-electron chi connectivity index (χ0n) is 5.22. The maximum Gasteiger partial charge on any atom is 0.149 e. The van der Waals surface area contributed by atoms with E-state index in [2.05, 4.69) is 31.1 Å². The van der Waals surface area contributed by atoms with Crippen LogP contribution >= 0.6 is 15.9 Å². The fraction of sp³-hybridized carbons (Fsp3) is 0.400. The van der Waals surface area contributed by atoms with Crippen molar-refractivity contribution in [2.75, 3.05) is 0 Å². The van der Waals surface area contributed by atoms with Crippen LogP contribution in [0.25, 0.3) is 0 Å². The Morgan fingerprint density at radius 3 is 2.33 bits per heavy atom. The van der Waals surface area contributed by atoms with Crippen molar-refractivity contribution in [3.8, 4) is 0 Å². The second-order valence-electron chi connectivity index (χ2n) is 1.74. The third-order valence-corrected chi connectivity index (χ3v) is 1.64. The minimum absolute atomic E-state index is 0.704. The highest BCUT2D eigenvalue weighted by Gasteiger charge is 1.95. The van der Waals surface area contributed by atoms with Crippen LogP contribution in [-0.2, 0) is 0 Å². The van der Waals surface area contributed by atoms with Crippen LogP contribution < -0.4 is 0 Å². The molecule has 1 aromatic heterocycles. The van der Waals surface area contributed by atoms with Crippen LogP contribution in [0.2, 0.25) is 0 Å². The van der Waals surface area contributed by atoms with Crippen LogP contribution in [-0.4, -0.2) is 15.2 Å². The highest BCUT2D eigenvalue weighted by Crippen LogP contribution is 2.06. The molecule has 0 atom stereocenters. The molecule has 0 aromatic carbocycles. The molecule has 0 aliphatic rings. The van der Waals surface area contributed by atoms with Crippen molar-refractivity contribution in [1.82, 2.24) is 15.2 Å². The molecule has 0 N–H and O–H groups in total. The van der Waals surface area contributed by atoms with Crippen LogP contribution in [0, 0.1) is 13.8 Å². The van der Waals surface area contributed by atoms with Gasteiger partial charge in [0.1, 0.15) is 10.4 Å². The third-order valence-electron chi connectivity index (χ3n) is 0.911. The van der Waals surface area contributed by atoms with Crippen LogP contribution in [0.5, 0.6) is 0 Å². The lowest BCUT2D eigenvalue weighted by Gasteiger charge is -1.93. The number of aromatic nitrogens is 3. The van der Waals surface area contributed by atoms with E-state index in [1.54, 1.807) is 0 Å². The highest BCUT2D eigenvalue weighted by molar-refractivity contribution is 9.10. The summed E-state index contributed by atoms with van der Waals surface area (Å²) in [7, 11) is 0. The predicted molar refractivity (Wildman–Crippen MR) is 37.0 cm³/mol. The summed E-state index contributed by atoms with van der Waals surface area (Å²) in [5, 5.41) is 7.51. The van der Waals surface area contributed by atoms with Gasteiger partial charge in [-0.05, 0) is 29.8 Å². The van der Waals surface area contributed by atoms with E-state index in [4.69, 9.17) is 0 Å². The Bertz CT molecular complexity index is 223. The molecule has 0 aliphatic carbocycles. The molecule has 3 nitrogen and oxygen atoms in total. The highest BCUT2D eigenvalue weighted by atomic mass is 79.9. The summed E-state index contributed by atoms with van der Waals surface area (Å²) < 4.78 is 0.716. The lowest BCUT2D eigenvalue weighted by Crippen LogP contribution is -1.94. The second-order valence-corrected chi connectivity index (χ2v) is 2.49. The van der Waals surface area contributed by atoms with E-state index < -0.39 is 0 Å². The van der Waals surface area contributed by atoms with Gasteiger partial charge in [-0.25, -0.2) is 4.98 Å². The van der Waals surface area contributed by atoms with Gasteiger partial charge in [0.05, 0.1) is 5.69 Å². The molecule has 0 fully saturated rings. The van der Waals surface area contributed by atoms with Crippen molar-refractivity contribution in [3.63, 3.8) is 0 Å². The molecule has 48 valence electrons. The van der Waals surface area contributed by atoms with Gasteiger partial charge < -0.3 is 0 Å². The maximum atomic E-state index is 4.05. The quantitative estimate of drug-likeness (QED) is 0.614. The predicted octanol–water partition coefficient (Wildman–Crippen LogP) is 1.25. The van der Waals surface area contributed by atoms with Gasteiger partial charge in [-0.2, -0.15) is 0 Å². The van der Waals surface area contributed by atoms with Crippen molar-refractivity contribution in [3.05, 3.63) is 16.1 Å². The Labute approximate surface area is 61.7 Å². The molecule has 0 aliphatic heterocycles. The fourth-order valence-corrected chi connectivity index (χ4v) is 0.668. The van der Waals surface area contributed by atoms with E-state index in [1.165, 1.54) is 0 Å². The molecular weight excluding hydrogens is 182 g/mol. The topological polar surface area (TPSA) is 38.7 Å². The lowest BCUT2D eigenvalue weighted by molar-refractivity contribution is 0.862. The van der Waals surface area contributed by atoms with E-state index in [1.807, 2.05) is 13.8 Å². The Kier molecular flexibility index (Phi) is 1.75. The second kappa shape index (κ2) is 2.39. The summed E-state index contributed by atoms with van der Waals surface area (Å²) in [6, 6.07) is 0. The van der Waals surface area contributed by atoms with Gasteiger partial charge in [-0.15, -0.1) is 10.2 Å². The van der Waals surface area contributed by atoms with E-state index in [9.17, 15) is 0 Å². The number of halogens is 1. The Balaban J connectivity index is 3.17. The van der Waals surface area contributed by atoms with Crippen molar-refractivity contribution < 1.29 is 0 Å². The summed E-state index contributed by atoms with van der Waals surface area (Å²) in [5.74, 6) is 0.704. The molecule has 0 bridgehead atoms. The van der Waals surface area contributed by atoms with E-state index in [-0.39, 0.29) is 0 Å². The molecule has 0 saturated heterocycles. The normalized spacial score (nSPS) is 9.67. The van der Waals surface area contributed by atoms with E-state index in [0.29, 0.717) is 10.4 Å². The summed E-state index contributed by atoms with van der Waals surface area (Å²) in [6.07, 6.45) is 0. The molecule has 1 heterocycles. The van der Waals surface area contributed by atoms with Crippen molar-refractivity contribution in [1.29, 1.82) is 0 Å². The van der Waals surface area contributed by atoms with Crippen LogP contribution in [0.3, 0.4) is 0 Å². The Hall–Kier alpha value is -0.510. The third kappa shape index (κ3) is 1.45. The van der Waals surface area contributed by atoms with Gasteiger partial charge in [-0.3, -0.25) is 0 Å². The SMILES string of the molecule is Cc1nnc(Br)c(C)n1. The van der Waals surface area contributed by atoms with E-state index >= 15 is 0 Å². The molecule has 0 spiro atoms. The minimum atomic E-state index is 0.704. The van der Waals surface area contributed by atoms with Crippen molar-refractivity contribution >= 4 is 15.9 Å². The minimum Gasteiger partial charge on any atom is -0.234 e. The standard InChI is InChI=1S/C5H6BrN3/c1-3-5(6)9-8-4(2)7-3/h1-2H3. The smallest absolute Gasteiger partial charge is 0.149 e. The van der Waals surface area contributed by atoms with Gasteiger partial charge in [0.2, 0.25) is 0 Å². The molecule has 1 aromatic rings. The number of rotatable bonds is 0. The summed E-state index contributed by atoms with van der Waals surface area (Å²) in [5.41, 5.74) is 0.877. The Morgan fingerprint density at radius 1 is 1.22 bits per heavy atom. The zero-order chi connectivity index (χ0) is 6.85. The van der Waals surface area contributed by atoms with E-state index in [0.717, 1.165) is 5.69 Å². The molecule has 9 heavy (non-hydrogen) atoms. The average Bonchev–Trinajstić information content (AvgIpc) is 1.80. The van der Waals surface area contributed by atoms with Gasteiger partial charge in [-0.1, -0.05) is 0 Å². The summed E-state index contributed by atoms with van der Waals surface area (Å²) in [4.78, 5) is 4.05. The van der Waals surface area contributed by atoms with Crippen LogP contribution in [0.4, 0.5) is 0 Å². The van der Waals surface area contributed by atoms with Crippen LogP contribution in [0.1, 0.15) is 11.5 Å². The average molecular weight is 188 g/mol. The molecular formula is C5H6BrN3. The Morgan fingerprint density at radius 2 is 1.89 bits per heavy atom. The summed E-state index contributed by atoms with van der Waals surface area (Å²) >= 11 is 3.19. The monoisotopic (exact) mass is 187 g/mol. The molecule has 1 rings (SSSR count). The number of aryl methyl sites for hydroxylation is 2. The number of hydrogen-bond acceptors (Lipinski definition) is 3. The van der Waals surface area contributed by atoms with Gasteiger partial charge in [0.15, 0.2) is 0 Å². The zero-order valence-corrected chi connectivity index (χ0v) is 6.81. The fourth-order valence-electron chi connectivity index (χ4n) is 0.500. The number of nitrogens with zero attached hydrogens (tertiary/aromatic N) is 3. The molecule has 0 radical (unpaired) electrons. The van der Waals surface area contributed by atoms with Gasteiger partial charge in [0, 0.05) is 0 Å². The van der Waals surface area contributed by atoms with Gasteiger partial charge in [0.25, 0.3) is 0 Å². The van der Waals surface area contributed by atoms with Crippen molar-refractivity contribution in [2.45, 2.75) is 13.8 Å². The van der Waals surface area contributed by atoms with Crippen molar-refractivity contribution in [2.24, 2.45) is 0 Å². The first-order valence-corrected chi connectivity index (χ1v) is 3.33. The lowest BCUT2D eigenvalue weighted by atomic mass is 10.5. The molecule has 0 saturated carbocycles. The molecule has 4 heteroatoms. The first-order valence-electron chi connectivity index (χ1n) is 2.53. The number of hydrogen-bond donors (Lipinski definition) is 0. The molecule has 0 unspecified atom stereocenters. The maximum absolute atomic E-state index is 4.05.